The van der Waals surface area contributed by atoms with Gasteiger partial charge in [0.05, 0.1) is 6.54 Å². The maximum absolute atomic E-state index is 12.4. The summed E-state index contributed by atoms with van der Waals surface area (Å²) in [6.45, 7) is 4.21. The Morgan fingerprint density at radius 2 is 1.89 bits per heavy atom. The summed E-state index contributed by atoms with van der Waals surface area (Å²) in [5.41, 5.74) is -0.210. The first-order valence-corrected chi connectivity index (χ1v) is 9.60. The van der Waals surface area contributed by atoms with E-state index in [1.54, 1.807) is 18.3 Å². The summed E-state index contributed by atoms with van der Waals surface area (Å²) < 4.78 is 1.36. The molecule has 27 heavy (non-hydrogen) atoms. The highest BCUT2D eigenvalue weighted by molar-refractivity contribution is 5.85. The van der Waals surface area contributed by atoms with Crippen molar-refractivity contribution in [1.29, 1.82) is 0 Å². The molecular formula is C21H27N3O3. The lowest BCUT2D eigenvalue weighted by Crippen LogP contribution is -2.47. The highest BCUT2D eigenvalue weighted by Gasteiger charge is 2.28. The lowest BCUT2D eigenvalue weighted by molar-refractivity contribution is -0.127. The highest BCUT2D eigenvalue weighted by Crippen LogP contribution is 2.29. The van der Waals surface area contributed by atoms with Crippen LogP contribution in [0.15, 0.2) is 41.3 Å². The van der Waals surface area contributed by atoms with Gasteiger partial charge in [-0.1, -0.05) is 44.9 Å². The van der Waals surface area contributed by atoms with Crippen molar-refractivity contribution in [3.8, 4) is 0 Å². The molecule has 1 aromatic heterocycles. The van der Waals surface area contributed by atoms with E-state index in [1.165, 1.54) is 11.0 Å². The zero-order valence-electron chi connectivity index (χ0n) is 15.9. The van der Waals surface area contributed by atoms with Gasteiger partial charge in [-0.05, 0) is 35.8 Å². The first-order valence-electron chi connectivity index (χ1n) is 9.60. The number of fused-ring (bicyclic) bond motifs is 1. The molecule has 2 N–H and O–H groups in total. The Labute approximate surface area is 159 Å². The van der Waals surface area contributed by atoms with Crippen molar-refractivity contribution in [2.24, 2.45) is 11.8 Å². The molecule has 0 bridgehead atoms. The summed E-state index contributed by atoms with van der Waals surface area (Å²) in [5.74, 6) is 0.501. The molecule has 1 aliphatic carbocycles. The molecule has 2 amide bonds. The topological polar surface area (TPSA) is 80.2 Å². The van der Waals surface area contributed by atoms with Gasteiger partial charge in [0.1, 0.15) is 6.54 Å². The van der Waals surface area contributed by atoms with Crippen LogP contribution in [0, 0.1) is 11.8 Å². The van der Waals surface area contributed by atoms with Crippen LogP contribution in [-0.4, -0.2) is 29.0 Å². The van der Waals surface area contributed by atoms with Crippen LogP contribution >= 0.6 is 0 Å². The average Bonchev–Trinajstić information content (AvgIpc) is 2.66. The number of nitrogens with one attached hydrogen (secondary N) is 2. The van der Waals surface area contributed by atoms with Gasteiger partial charge in [0.15, 0.2) is 0 Å². The number of hydrogen-bond acceptors (Lipinski definition) is 3. The Morgan fingerprint density at radius 3 is 2.70 bits per heavy atom. The van der Waals surface area contributed by atoms with Crippen LogP contribution in [0.3, 0.4) is 0 Å². The van der Waals surface area contributed by atoms with Gasteiger partial charge < -0.3 is 15.2 Å². The quantitative estimate of drug-likeness (QED) is 0.847. The number of aromatic nitrogens is 1. The molecule has 1 fully saturated rings. The standard InChI is InChI=1S/C21H27N3O3/c1-14-6-5-9-18(15(14)2)23-19(25)12-22-20(26)13-24-11-10-16-7-3-4-8-17(16)21(24)27/h3-4,7-8,10-11,14-15,18H,5-6,9,12-13H2,1-2H3,(H,22,26)(H,23,25). The predicted molar refractivity (Wildman–Crippen MR) is 105 cm³/mol. The maximum Gasteiger partial charge on any atom is 0.258 e. The third-order valence-corrected chi connectivity index (χ3v) is 5.70. The summed E-state index contributed by atoms with van der Waals surface area (Å²) in [4.78, 5) is 36.8. The van der Waals surface area contributed by atoms with E-state index in [4.69, 9.17) is 0 Å². The molecule has 1 heterocycles. The molecule has 3 unspecified atom stereocenters. The van der Waals surface area contributed by atoms with Gasteiger partial charge in [0, 0.05) is 17.6 Å². The molecule has 0 saturated heterocycles. The van der Waals surface area contributed by atoms with Gasteiger partial charge in [-0.2, -0.15) is 0 Å². The number of carbonyl (C=O) groups excluding carboxylic acids is 2. The van der Waals surface area contributed by atoms with Crippen molar-refractivity contribution >= 4 is 22.6 Å². The molecule has 0 spiro atoms. The van der Waals surface area contributed by atoms with Gasteiger partial charge in [-0.3, -0.25) is 14.4 Å². The van der Waals surface area contributed by atoms with Gasteiger partial charge in [-0.25, -0.2) is 0 Å². The first kappa shape index (κ1) is 19.1. The van der Waals surface area contributed by atoms with E-state index in [2.05, 4.69) is 24.5 Å². The summed E-state index contributed by atoms with van der Waals surface area (Å²) in [5, 5.41) is 7.06. The van der Waals surface area contributed by atoms with Crippen molar-refractivity contribution in [2.45, 2.75) is 45.7 Å². The molecular weight excluding hydrogens is 342 g/mol. The predicted octanol–water partition coefficient (Wildman–Crippen LogP) is 2.06. The average molecular weight is 369 g/mol. The van der Waals surface area contributed by atoms with Crippen molar-refractivity contribution in [1.82, 2.24) is 15.2 Å². The van der Waals surface area contributed by atoms with Crippen LogP contribution in [0.5, 0.6) is 0 Å². The second-order valence-corrected chi connectivity index (χ2v) is 7.55. The fourth-order valence-electron chi connectivity index (χ4n) is 3.79. The molecule has 0 aliphatic heterocycles. The molecule has 6 heteroatoms. The van der Waals surface area contributed by atoms with E-state index in [1.807, 2.05) is 18.2 Å². The summed E-state index contributed by atoms with van der Waals surface area (Å²) in [7, 11) is 0. The Kier molecular flexibility index (Phi) is 5.94. The van der Waals surface area contributed by atoms with Crippen LogP contribution in [0.4, 0.5) is 0 Å². The minimum Gasteiger partial charge on any atom is -0.352 e. The Bertz CT molecular complexity index is 890. The lowest BCUT2D eigenvalue weighted by Gasteiger charge is -2.34. The first-order chi connectivity index (χ1) is 13.0. The van der Waals surface area contributed by atoms with Crippen LogP contribution in [0.25, 0.3) is 10.8 Å². The van der Waals surface area contributed by atoms with Gasteiger partial charge >= 0.3 is 0 Å². The van der Waals surface area contributed by atoms with Crippen LogP contribution < -0.4 is 16.2 Å². The number of pyridine rings is 1. The number of nitrogens with zero attached hydrogens (tertiary/aromatic N) is 1. The number of benzene rings is 1. The van der Waals surface area contributed by atoms with E-state index < -0.39 is 0 Å². The van der Waals surface area contributed by atoms with E-state index in [-0.39, 0.29) is 36.5 Å². The molecule has 6 nitrogen and oxygen atoms in total. The summed E-state index contributed by atoms with van der Waals surface area (Å²) >= 11 is 0. The number of hydrogen-bond donors (Lipinski definition) is 2. The Morgan fingerprint density at radius 1 is 1.11 bits per heavy atom. The van der Waals surface area contributed by atoms with Gasteiger partial charge in [0.25, 0.3) is 5.56 Å². The largest absolute Gasteiger partial charge is 0.352 e. The van der Waals surface area contributed by atoms with Gasteiger partial charge in [-0.15, -0.1) is 0 Å². The zero-order chi connectivity index (χ0) is 19.4. The van der Waals surface area contributed by atoms with Gasteiger partial charge in [0.2, 0.25) is 11.8 Å². The smallest absolute Gasteiger partial charge is 0.258 e. The zero-order valence-corrected chi connectivity index (χ0v) is 15.9. The van der Waals surface area contributed by atoms with E-state index >= 15 is 0 Å². The molecule has 1 saturated carbocycles. The van der Waals surface area contributed by atoms with Crippen molar-refractivity contribution in [2.75, 3.05) is 6.54 Å². The fourth-order valence-corrected chi connectivity index (χ4v) is 3.79. The minimum absolute atomic E-state index is 0.0707. The summed E-state index contributed by atoms with van der Waals surface area (Å²) in [6.07, 6.45) is 4.91. The van der Waals surface area contributed by atoms with Crippen molar-refractivity contribution < 1.29 is 9.59 Å². The number of rotatable bonds is 5. The van der Waals surface area contributed by atoms with E-state index in [0.29, 0.717) is 17.2 Å². The molecule has 3 atom stereocenters. The van der Waals surface area contributed by atoms with E-state index in [9.17, 15) is 14.4 Å². The van der Waals surface area contributed by atoms with E-state index in [0.717, 1.165) is 18.2 Å². The SMILES string of the molecule is CC1CCCC(NC(=O)CNC(=O)Cn2ccc3ccccc3c2=O)C1C. The molecule has 2 aromatic rings. The molecule has 0 radical (unpaired) electrons. The third-order valence-electron chi connectivity index (χ3n) is 5.70. The molecule has 1 aliphatic rings. The highest BCUT2D eigenvalue weighted by atomic mass is 16.2. The normalized spacial score (nSPS) is 22.4. The van der Waals surface area contributed by atoms with Crippen LogP contribution in [0.2, 0.25) is 0 Å². The third kappa shape index (κ3) is 4.56. The monoisotopic (exact) mass is 369 g/mol. The minimum atomic E-state index is -0.354. The number of carbonyl (C=O) groups is 2. The van der Waals surface area contributed by atoms with Crippen molar-refractivity contribution in [3.05, 3.63) is 46.9 Å². The van der Waals surface area contributed by atoms with Crippen LogP contribution in [0.1, 0.15) is 33.1 Å². The molecule has 1 aromatic carbocycles. The lowest BCUT2D eigenvalue weighted by atomic mass is 9.78. The Hall–Kier alpha value is -2.63. The molecule has 144 valence electrons. The molecule has 3 rings (SSSR count). The summed E-state index contributed by atoms with van der Waals surface area (Å²) in [6, 6.07) is 9.24. The fraction of sp³-hybridized carbons (Fsp3) is 0.476. The van der Waals surface area contributed by atoms with Crippen LogP contribution in [-0.2, 0) is 16.1 Å². The number of amides is 2. The van der Waals surface area contributed by atoms with Crippen molar-refractivity contribution in [3.63, 3.8) is 0 Å². The second-order valence-electron chi connectivity index (χ2n) is 7.55. The Balaban J connectivity index is 1.53. The maximum atomic E-state index is 12.4. The second kappa shape index (κ2) is 8.37.